The number of unbranched alkanes of at least 4 members (excludes halogenated alkanes) is 2. The molecular weight excluding hydrogens is 286 g/mol. The van der Waals surface area contributed by atoms with Gasteiger partial charge in [-0.15, -0.1) is 0 Å². The number of nitrogens with zero attached hydrogens (tertiary/aromatic N) is 2. The van der Waals surface area contributed by atoms with Gasteiger partial charge in [0.15, 0.2) is 0 Å². The van der Waals surface area contributed by atoms with E-state index >= 15 is 0 Å². The smallest absolute Gasteiger partial charge is 0.269 e. The summed E-state index contributed by atoms with van der Waals surface area (Å²) >= 11 is 0. The van der Waals surface area contributed by atoms with Gasteiger partial charge in [-0.2, -0.15) is 0 Å². The third-order valence-electron chi connectivity index (χ3n) is 3.75. The number of hydrogen-bond donors (Lipinski definition) is 1. The molecule has 1 heterocycles. The molecule has 4 heteroatoms. The van der Waals surface area contributed by atoms with Gasteiger partial charge < -0.3 is 10.2 Å². The Hall–Kier alpha value is -2.36. The predicted octanol–water partition coefficient (Wildman–Crippen LogP) is 3.64. The number of hydrogen-bond acceptors (Lipinski definition) is 3. The Labute approximate surface area is 138 Å². The zero-order valence-corrected chi connectivity index (χ0v) is 14.0. The Morgan fingerprint density at radius 1 is 1.13 bits per heavy atom. The number of rotatable bonds is 8. The predicted molar refractivity (Wildman–Crippen MR) is 94.6 cm³/mol. The summed E-state index contributed by atoms with van der Waals surface area (Å²) < 4.78 is 0. The fraction of sp³-hybridized carbons (Fsp3) is 0.368. The number of amides is 1. The number of pyridine rings is 1. The normalized spacial score (nSPS) is 10.3. The maximum Gasteiger partial charge on any atom is 0.269 e. The molecule has 1 amide bonds. The maximum atomic E-state index is 12.0. The Bertz CT molecular complexity index is 596. The highest BCUT2D eigenvalue weighted by Crippen LogP contribution is 2.14. The lowest BCUT2D eigenvalue weighted by atomic mass is 10.2. The minimum absolute atomic E-state index is 0.0987. The lowest BCUT2D eigenvalue weighted by Gasteiger charge is -2.19. The lowest BCUT2D eigenvalue weighted by Crippen LogP contribution is -2.25. The number of carbonyl (C=O) groups is 1. The largest absolute Gasteiger partial charge is 0.369 e. The number of aromatic nitrogens is 1. The first-order valence-electron chi connectivity index (χ1n) is 8.20. The van der Waals surface area contributed by atoms with E-state index in [4.69, 9.17) is 0 Å². The molecule has 1 N–H and O–H groups in total. The van der Waals surface area contributed by atoms with Crippen LogP contribution in [0, 0.1) is 0 Å². The number of nitrogens with one attached hydrogen (secondary N) is 1. The first-order valence-corrected chi connectivity index (χ1v) is 8.20. The van der Waals surface area contributed by atoms with Crippen LogP contribution < -0.4 is 10.2 Å². The minimum atomic E-state index is -0.0987. The molecule has 0 saturated carbocycles. The molecule has 0 radical (unpaired) electrons. The molecule has 0 saturated heterocycles. The van der Waals surface area contributed by atoms with Gasteiger partial charge in [0.25, 0.3) is 5.91 Å². The molecule has 0 atom stereocenters. The van der Waals surface area contributed by atoms with Crippen molar-refractivity contribution in [1.29, 1.82) is 0 Å². The second-order valence-electron chi connectivity index (χ2n) is 5.71. The van der Waals surface area contributed by atoms with Crippen molar-refractivity contribution >= 4 is 11.6 Å². The van der Waals surface area contributed by atoms with Gasteiger partial charge in [0, 0.05) is 20.1 Å². The zero-order chi connectivity index (χ0) is 16.5. The molecule has 0 unspecified atom stereocenters. The SMILES string of the molecule is CCCCCNC(=O)c1ccc(N(C)Cc2ccccc2)cn1. The molecule has 0 aliphatic heterocycles. The highest BCUT2D eigenvalue weighted by atomic mass is 16.1. The molecule has 0 bridgehead atoms. The van der Waals surface area contributed by atoms with Gasteiger partial charge in [0.1, 0.15) is 5.69 Å². The summed E-state index contributed by atoms with van der Waals surface area (Å²) in [6.45, 7) is 3.67. The van der Waals surface area contributed by atoms with Gasteiger partial charge in [0.05, 0.1) is 11.9 Å². The number of anilines is 1. The van der Waals surface area contributed by atoms with Crippen LogP contribution in [0.4, 0.5) is 5.69 Å². The average Bonchev–Trinajstić information content (AvgIpc) is 2.59. The van der Waals surface area contributed by atoms with Crippen LogP contribution in [0.25, 0.3) is 0 Å². The van der Waals surface area contributed by atoms with E-state index in [1.165, 1.54) is 5.56 Å². The number of carbonyl (C=O) groups excluding carboxylic acids is 1. The highest BCUT2D eigenvalue weighted by Gasteiger charge is 2.08. The molecular formula is C19H25N3O. The van der Waals surface area contributed by atoms with Crippen LogP contribution in [0.15, 0.2) is 48.7 Å². The lowest BCUT2D eigenvalue weighted by molar-refractivity contribution is 0.0948. The Morgan fingerprint density at radius 3 is 2.57 bits per heavy atom. The van der Waals surface area contributed by atoms with Gasteiger partial charge >= 0.3 is 0 Å². The summed E-state index contributed by atoms with van der Waals surface area (Å²) in [6, 6.07) is 14.0. The van der Waals surface area contributed by atoms with E-state index in [1.807, 2.05) is 31.3 Å². The van der Waals surface area contributed by atoms with Crippen molar-refractivity contribution in [2.24, 2.45) is 0 Å². The van der Waals surface area contributed by atoms with Gasteiger partial charge in [-0.1, -0.05) is 50.1 Å². The monoisotopic (exact) mass is 311 g/mol. The summed E-state index contributed by atoms with van der Waals surface area (Å²) in [4.78, 5) is 18.4. The highest BCUT2D eigenvalue weighted by molar-refractivity contribution is 5.92. The van der Waals surface area contributed by atoms with Crippen LogP contribution in [-0.2, 0) is 6.54 Å². The summed E-state index contributed by atoms with van der Waals surface area (Å²) in [6.07, 6.45) is 5.05. The first-order chi connectivity index (χ1) is 11.2. The molecule has 23 heavy (non-hydrogen) atoms. The standard InChI is InChI=1S/C19H25N3O/c1-3-4-8-13-20-19(23)18-12-11-17(14-21-18)22(2)15-16-9-6-5-7-10-16/h5-7,9-12,14H,3-4,8,13,15H2,1-2H3,(H,20,23). The third kappa shape index (κ3) is 5.40. The van der Waals surface area contributed by atoms with Crippen LogP contribution in [-0.4, -0.2) is 24.5 Å². The summed E-state index contributed by atoms with van der Waals surface area (Å²) in [5.74, 6) is -0.0987. The van der Waals surface area contributed by atoms with Crippen molar-refractivity contribution in [2.45, 2.75) is 32.7 Å². The van der Waals surface area contributed by atoms with Gasteiger partial charge in [0.2, 0.25) is 0 Å². The molecule has 0 fully saturated rings. The minimum Gasteiger partial charge on any atom is -0.369 e. The fourth-order valence-corrected chi connectivity index (χ4v) is 2.36. The molecule has 4 nitrogen and oxygen atoms in total. The summed E-state index contributed by atoms with van der Waals surface area (Å²) in [5, 5.41) is 2.91. The number of benzene rings is 1. The van der Waals surface area contributed by atoms with Crippen molar-refractivity contribution in [3.8, 4) is 0 Å². The quantitative estimate of drug-likeness (QED) is 0.757. The maximum absolute atomic E-state index is 12.0. The Morgan fingerprint density at radius 2 is 1.91 bits per heavy atom. The van der Waals surface area contributed by atoms with Gasteiger partial charge in [-0.3, -0.25) is 4.79 Å². The van der Waals surface area contributed by atoms with Gasteiger partial charge in [-0.05, 0) is 24.1 Å². The Balaban J connectivity index is 1.89. The Kier molecular flexibility index (Phi) is 6.60. The fourth-order valence-electron chi connectivity index (χ4n) is 2.36. The molecule has 1 aromatic carbocycles. The summed E-state index contributed by atoms with van der Waals surface area (Å²) in [5.41, 5.74) is 2.71. The van der Waals surface area contributed by atoms with Crippen molar-refractivity contribution in [3.05, 3.63) is 59.9 Å². The third-order valence-corrected chi connectivity index (χ3v) is 3.75. The van der Waals surface area contributed by atoms with Crippen LogP contribution in [0.2, 0.25) is 0 Å². The molecule has 2 rings (SSSR count). The molecule has 0 aliphatic carbocycles. The van der Waals surface area contributed by atoms with Crippen LogP contribution >= 0.6 is 0 Å². The van der Waals surface area contributed by atoms with Gasteiger partial charge in [-0.25, -0.2) is 4.98 Å². The van der Waals surface area contributed by atoms with Crippen molar-refractivity contribution < 1.29 is 4.79 Å². The van der Waals surface area contributed by atoms with E-state index < -0.39 is 0 Å². The van der Waals surface area contributed by atoms with Crippen molar-refractivity contribution in [1.82, 2.24) is 10.3 Å². The molecule has 0 aliphatic rings. The van der Waals surface area contributed by atoms with E-state index in [0.717, 1.165) is 31.5 Å². The molecule has 1 aromatic heterocycles. The van der Waals surface area contributed by atoms with E-state index in [0.29, 0.717) is 12.2 Å². The molecule has 0 spiro atoms. The second-order valence-corrected chi connectivity index (χ2v) is 5.71. The van der Waals surface area contributed by atoms with Crippen LogP contribution in [0.1, 0.15) is 42.2 Å². The molecule has 2 aromatic rings. The van der Waals surface area contributed by atoms with E-state index in [-0.39, 0.29) is 5.91 Å². The van der Waals surface area contributed by atoms with Crippen LogP contribution in [0.5, 0.6) is 0 Å². The second kappa shape index (κ2) is 8.93. The average molecular weight is 311 g/mol. The van der Waals surface area contributed by atoms with Crippen molar-refractivity contribution in [2.75, 3.05) is 18.5 Å². The van der Waals surface area contributed by atoms with E-state index in [1.54, 1.807) is 12.3 Å². The molecule has 122 valence electrons. The van der Waals surface area contributed by atoms with E-state index in [9.17, 15) is 4.79 Å². The van der Waals surface area contributed by atoms with Crippen molar-refractivity contribution in [3.63, 3.8) is 0 Å². The van der Waals surface area contributed by atoms with E-state index in [2.05, 4.69) is 34.3 Å². The van der Waals surface area contributed by atoms with Crippen LogP contribution in [0.3, 0.4) is 0 Å². The first kappa shape index (κ1) is 17.0. The zero-order valence-electron chi connectivity index (χ0n) is 14.0. The summed E-state index contributed by atoms with van der Waals surface area (Å²) in [7, 11) is 2.02. The topological polar surface area (TPSA) is 45.2 Å².